The molecule has 0 saturated carbocycles. The second-order valence-corrected chi connectivity index (χ2v) is 27.7. The number of methoxy groups -OCH3 is 4. The van der Waals surface area contributed by atoms with E-state index in [0.29, 0.717) is 54.2 Å². The lowest BCUT2D eigenvalue weighted by Gasteiger charge is -2.40. The first kappa shape index (κ1) is 84.1. The number of fused-ring (bicyclic) bond motifs is 14. The minimum absolute atomic E-state index is 0. The Kier molecular flexibility index (Phi) is 27.6. The Labute approximate surface area is 686 Å². The van der Waals surface area contributed by atoms with Crippen LogP contribution in [0.2, 0.25) is 0 Å². The van der Waals surface area contributed by atoms with Gasteiger partial charge >= 0.3 is 23.9 Å². The average Bonchev–Trinajstić information content (AvgIpc) is 1.63. The second kappa shape index (κ2) is 38.4. The van der Waals surface area contributed by atoms with Crippen LogP contribution >= 0.6 is 34.8 Å². The third kappa shape index (κ3) is 18.2. The number of ether oxygens (including phenoxy) is 12. The van der Waals surface area contributed by atoms with Gasteiger partial charge in [0.05, 0.1) is 52.4 Å². The van der Waals surface area contributed by atoms with E-state index in [1.807, 2.05) is 134 Å². The fraction of sp³-hybridized carbons (Fsp3) is 0.267. The van der Waals surface area contributed by atoms with E-state index in [1.165, 1.54) is 40.4 Å². The van der Waals surface area contributed by atoms with Crippen LogP contribution < -0.4 is 60.0 Å². The summed E-state index contributed by atoms with van der Waals surface area (Å²) in [5.41, 5.74) is 25.1. The van der Waals surface area contributed by atoms with E-state index in [2.05, 4.69) is 65.3 Å². The number of nitrogens with one attached hydrogen (secondary N) is 6. The smallest absolute Gasteiger partial charge is 0.328 e. The number of esters is 4. The SMILES string of the molecule is C.CN.COC(=O)[C@H](N)Cc1c[nH]c2ccccc12.COC(=O)[C@H]1Cc2c([nH]c3ccccc23)C(c2ccc3c(c2)OCO3)N1.COC(=O)[C@H]1Cc2c([nH]c3ccccc23)[C@@H](c2ccc3c(c2)OCO3)N1.COC(=O)[C@H]1Cc2c([nH]c3ccccc23)[C@@H](c2ccc3c(c2)OCO3)N1C(=O)CCl.O=C(Cl)CCl.O=Cc1ccc2c(c1)OCO2. The molecule has 11 heterocycles. The van der Waals surface area contributed by atoms with E-state index >= 15 is 0 Å². The summed E-state index contributed by atoms with van der Waals surface area (Å²) in [5.74, 6) is 3.46. The van der Waals surface area contributed by atoms with Crippen molar-refractivity contribution in [3.05, 3.63) is 238 Å². The molecule has 28 nitrogen and oxygen atoms in total. The van der Waals surface area contributed by atoms with Gasteiger partial charge < -0.3 is 93.1 Å². The number of para-hydroxylation sites is 4. The van der Waals surface area contributed by atoms with Gasteiger partial charge in [-0.25, -0.2) is 4.79 Å². The van der Waals surface area contributed by atoms with Crippen molar-refractivity contribution in [3.63, 3.8) is 0 Å². The predicted molar refractivity (Wildman–Crippen MR) is 439 cm³/mol. The van der Waals surface area contributed by atoms with Gasteiger partial charge in [-0.3, -0.25) is 39.4 Å². The number of carbonyl (C=O) groups excluding carboxylic acids is 7. The molecule has 1 unspecified atom stereocenters. The molecular weight excluding hydrogens is 1570 g/mol. The number of hydrogen-bond donors (Lipinski definition) is 8. The average molecular weight is 1660 g/mol. The quantitative estimate of drug-likeness (QED) is 0.0185. The van der Waals surface area contributed by atoms with Crippen LogP contribution in [0.4, 0.5) is 0 Å². The Hall–Kier alpha value is -12.3. The van der Waals surface area contributed by atoms with Gasteiger partial charge in [-0.2, -0.15) is 0 Å². The van der Waals surface area contributed by atoms with Crippen molar-refractivity contribution in [1.29, 1.82) is 0 Å². The van der Waals surface area contributed by atoms with Gasteiger partial charge in [0.25, 0.3) is 0 Å². The topological polar surface area (TPSA) is 373 Å². The van der Waals surface area contributed by atoms with E-state index in [4.69, 9.17) is 92.6 Å². The molecular formula is C86H86Cl3N9O19. The number of benzene rings is 8. The molecule has 1 amide bonds. The van der Waals surface area contributed by atoms with Crippen LogP contribution in [0.3, 0.4) is 0 Å². The summed E-state index contributed by atoms with van der Waals surface area (Å²) >= 11 is 15.5. The van der Waals surface area contributed by atoms with E-state index in [-0.39, 0.29) is 82.3 Å². The Morgan fingerprint density at radius 3 is 1.29 bits per heavy atom. The molecule has 7 atom stereocenters. The molecule has 0 saturated heterocycles. The Bertz CT molecular complexity index is 5450. The first-order valence-corrected chi connectivity index (χ1v) is 38.1. The third-order valence-corrected chi connectivity index (χ3v) is 21.0. The van der Waals surface area contributed by atoms with Gasteiger partial charge in [0.1, 0.15) is 36.3 Å². The summed E-state index contributed by atoms with van der Waals surface area (Å²) < 4.78 is 62.6. The van der Waals surface area contributed by atoms with Crippen molar-refractivity contribution in [1.82, 2.24) is 35.5 Å². The third-order valence-electron chi connectivity index (χ3n) is 20.2. The zero-order valence-corrected chi connectivity index (χ0v) is 65.7. The molecule has 19 rings (SSSR count). The number of nitrogens with zero attached hydrogens (tertiary/aromatic N) is 1. The fourth-order valence-electron chi connectivity index (χ4n) is 14.9. The van der Waals surface area contributed by atoms with E-state index in [1.54, 1.807) is 18.2 Å². The highest BCUT2D eigenvalue weighted by Gasteiger charge is 2.45. The van der Waals surface area contributed by atoms with E-state index < -0.39 is 41.4 Å². The van der Waals surface area contributed by atoms with Crippen molar-refractivity contribution < 1.29 is 90.4 Å². The maximum Gasteiger partial charge on any atom is 0.328 e. The number of H-pyrrole nitrogens is 4. The van der Waals surface area contributed by atoms with Crippen LogP contribution in [0.25, 0.3) is 43.6 Å². The highest BCUT2D eigenvalue weighted by molar-refractivity contribution is 6.67. The molecule has 610 valence electrons. The number of rotatable bonds is 12. The van der Waals surface area contributed by atoms with Crippen molar-refractivity contribution in [3.8, 4) is 46.0 Å². The molecule has 10 N–H and O–H groups in total. The van der Waals surface area contributed by atoms with E-state index in [0.717, 1.165) is 129 Å². The molecule has 7 aliphatic rings. The zero-order chi connectivity index (χ0) is 81.7. The van der Waals surface area contributed by atoms with Crippen LogP contribution in [-0.2, 0) is 73.4 Å². The number of carbonyl (C=O) groups is 7. The monoisotopic (exact) mass is 1650 g/mol. The minimum Gasteiger partial charge on any atom is -0.468 e. The van der Waals surface area contributed by atoms with Gasteiger partial charge in [0.2, 0.25) is 38.3 Å². The van der Waals surface area contributed by atoms with Gasteiger partial charge in [0, 0.05) is 98.1 Å². The summed E-state index contributed by atoms with van der Waals surface area (Å²) in [6.45, 7) is 0.868. The molecule has 4 aromatic heterocycles. The Morgan fingerprint density at radius 1 is 0.479 bits per heavy atom. The highest BCUT2D eigenvalue weighted by Crippen LogP contribution is 2.46. The number of halogens is 3. The Balaban J connectivity index is 0.000000135. The number of amides is 1. The van der Waals surface area contributed by atoms with Gasteiger partial charge in [-0.05, 0) is 136 Å². The lowest BCUT2D eigenvalue weighted by molar-refractivity contribution is -0.154. The van der Waals surface area contributed by atoms with Crippen LogP contribution in [0.1, 0.15) is 91.9 Å². The molecule has 0 bridgehead atoms. The predicted octanol–water partition coefficient (Wildman–Crippen LogP) is 12.1. The van der Waals surface area contributed by atoms with E-state index in [9.17, 15) is 33.6 Å². The summed E-state index contributed by atoms with van der Waals surface area (Å²) in [7, 11) is 7.01. The molecule has 12 aromatic rings. The summed E-state index contributed by atoms with van der Waals surface area (Å²) in [5, 5.41) is 10.7. The molecule has 0 fully saturated rings. The Morgan fingerprint density at radius 2 is 0.863 bits per heavy atom. The summed E-state index contributed by atoms with van der Waals surface area (Å²) in [6.07, 6.45) is 4.67. The standard InChI is InChI=1S/C22H19ClN2O5.2C20H18N2O4.C12H14N2O2.C8H6O3.C2H2Cl2O.CH5N.CH4/c1-28-22(27)16-9-14-13-4-2-3-5-15(13)24-20(14)21(25(16)19(26)10-23)12-6-7-17-18(8-12)30-11-29-17;2*1-24-20(23)15-9-13-12-4-2-3-5-14(12)21-19(13)18(22-15)11-6-7-16-17(8-11)26-10-25-16;1-16-12(15)10(13)6-8-7-14-11-5-3-2-4-9(8)11;9-4-6-1-2-7-8(3-6)11-5-10-7;3-1-2(4)5;1-2;/h2-8,16,21,24H,9-11H2,1H3;2*2-8,15,18,21-22H,9-10H2,1H3;2-5,7,10,14H,6,13H2,1H3;1-4H,5H2;1H2;2H2,1H3;1H4/t16-,21-;15-,18?;15-,18-;10-;;;;/m1111..../s1. The number of aromatic nitrogens is 4. The lowest BCUT2D eigenvalue weighted by Crippen LogP contribution is -2.52. The van der Waals surface area contributed by atoms with Crippen LogP contribution in [0.5, 0.6) is 46.0 Å². The first-order valence-electron chi connectivity index (χ1n) is 36.6. The molecule has 7 aliphatic heterocycles. The normalized spacial score (nSPS) is 17.6. The van der Waals surface area contributed by atoms with Crippen LogP contribution in [0, 0.1) is 0 Å². The molecule has 31 heteroatoms. The zero-order valence-electron chi connectivity index (χ0n) is 63.4. The van der Waals surface area contributed by atoms with Gasteiger partial charge in [0.15, 0.2) is 46.0 Å². The maximum absolute atomic E-state index is 13.0. The maximum atomic E-state index is 13.0. The summed E-state index contributed by atoms with van der Waals surface area (Å²) in [4.78, 5) is 96.3. The molecule has 0 spiro atoms. The number of alkyl halides is 2. The number of aromatic amines is 4. The van der Waals surface area contributed by atoms with Crippen molar-refractivity contribution in [2.45, 2.75) is 75.4 Å². The molecule has 117 heavy (non-hydrogen) atoms. The summed E-state index contributed by atoms with van der Waals surface area (Å²) in [6, 6.07) is 51.4. The lowest BCUT2D eigenvalue weighted by atomic mass is 9.87. The molecule has 8 aromatic carbocycles. The van der Waals surface area contributed by atoms with Crippen LogP contribution in [-0.4, -0.2) is 165 Å². The van der Waals surface area contributed by atoms with Gasteiger partial charge in [-0.1, -0.05) is 98.4 Å². The fourth-order valence-corrected chi connectivity index (χ4v) is 15.1. The molecule has 0 radical (unpaired) electrons. The van der Waals surface area contributed by atoms with Crippen LogP contribution in [0.15, 0.2) is 176 Å². The van der Waals surface area contributed by atoms with Crippen molar-refractivity contribution in [2.75, 3.05) is 74.4 Å². The first-order chi connectivity index (χ1) is 56.5. The minimum atomic E-state index is -0.789. The molecule has 0 aliphatic carbocycles. The number of hydrogen-bond acceptors (Lipinski definition) is 23. The van der Waals surface area contributed by atoms with Crippen molar-refractivity contribution in [2.24, 2.45) is 11.5 Å². The number of aldehydes is 1. The highest BCUT2D eigenvalue weighted by atomic mass is 35.5. The second-order valence-electron chi connectivity index (χ2n) is 26.8. The largest absolute Gasteiger partial charge is 0.468 e. The van der Waals surface area contributed by atoms with Gasteiger partial charge in [-0.15, -0.1) is 23.2 Å². The number of nitrogens with two attached hydrogens (primary N) is 2. The van der Waals surface area contributed by atoms with Crippen molar-refractivity contribution >= 4 is 120 Å².